The highest BCUT2D eigenvalue weighted by molar-refractivity contribution is 6.34. The van der Waals surface area contributed by atoms with Gasteiger partial charge in [-0.1, -0.05) is 42.3 Å². The van der Waals surface area contributed by atoms with Gasteiger partial charge in [0, 0.05) is 0 Å². The summed E-state index contributed by atoms with van der Waals surface area (Å²) in [5.41, 5.74) is 1.50. The number of hydrogen-bond acceptors (Lipinski definition) is 2. The Kier molecular flexibility index (Phi) is 3.29. The monoisotopic (exact) mass is 305 g/mol. The number of amides is 1. The molecule has 1 N–H and O–H groups in total. The maximum absolute atomic E-state index is 12.8. The SMILES string of the molecule is CC1=CC(C)C2C(=O)N(c3ccccc3Cl)C1C2C(=O)O. The Bertz CT molecular complexity index is 655. The minimum Gasteiger partial charge on any atom is -0.481 e. The van der Waals surface area contributed by atoms with Crippen LogP contribution < -0.4 is 4.90 Å². The third-order valence-corrected chi connectivity index (χ3v) is 4.80. The Balaban J connectivity index is 2.16. The van der Waals surface area contributed by atoms with Crippen LogP contribution in [0, 0.1) is 17.8 Å². The number of rotatable bonds is 2. The van der Waals surface area contributed by atoms with Gasteiger partial charge in [-0.2, -0.15) is 0 Å². The van der Waals surface area contributed by atoms with Crippen LogP contribution in [-0.2, 0) is 9.59 Å². The summed E-state index contributed by atoms with van der Waals surface area (Å²) in [5.74, 6) is -2.39. The highest BCUT2D eigenvalue weighted by Crippen LogP contribution is 2.47. The molecule has 4 unspecified atom stereocenters. The van der Waals surface area contributed by atoms with Gasteiger partial charge < -0.3 is 10.0 Å². The maximum Gasteiger partial charge on any atom is 0.309 e. The summed E-state index contributed by atoms with van der Waals surface area (Å²) in [5, 5.41) is 10.0. The number of benzene rings is 1. The Morgan fingerprint density at radius 2 is 2.00 bits per heavy atom. The lowest BCUT2D eigenvalue weighted by Gasteiger charge is -2.31. The number of carbonyl (C=O) groups excluding carboxylic acids is 1. The van der Waals surface area contributed by atoms with E-state index in [9.17, 15) is 14.7 Å². The Morgan fingerprint density at radius 3 is 2.62 bits per heavy atom. The Morgan fingerprint density at radius 1 is 1.33 bits per heavy atom. The zero-order valence-electron chi connectivity index (χ0n) is 11.8. The van der Waals surface area contributed by atoms with Crippen molar-refractivity contribution in [3.8, 4) is 0 Å². The molecule has 1 aliphatic carbocycles. The first-order chi connectivity index (χ1) is 9.93. The number of nitrogens with zero attached hydrogens (tertiary/aromatic N) is 1. The number of carbonyl (C=O) groups is 2. The summed E-state index contributed by atoms with van der Waals surface area (Å²) in [6, 6.07) is 6.62. The van der Waals surface area contributed by atoms with Crippen molar-refractivity contribution in [1.29, 1.82) is 0 Å². The van der Waals surface area contributed by atoms with Gasteiger partial charge in [-0.25, -0.2) is 0 Å². The lowest BCUT2D eigenvalue weighted by molar-refractivity contribution is -0.145. The van der Waals surface area contributed by atoms with E-state index >= 15 is 0 Å². The standard InChI is InChI=1S/C16H16ClNO3/c1-8-7-9(2)14-13(16(20)21)12(8)15(19)18(14)11-6-4-3-5-10(11)17/h3-8,12-14H,1-2H3,(H,20,21). The van der Waals surface area contributed by atoms with Crippen molar-refractivity contribution >= 4 is 29.2 Å². The first-order valence-corrected chi connectivity index (χ1v) is 7.30. The summed E-state index contributed by atoms with van der Waals surface area (Å²) in [6.07, 6.45) is 2.00. The molecule has 4 atom stereocenters. The van der Waals surface area contributed by atoms with E-state index in [2.05, 4.69) is 0 Å². The van der Waals surface area contributed by atoms with Crippen LogP contribution >= 0.6 is 11.6 Å². The van der Waals surface area contributed by atoms with Gasteiger partial charge in [-0.05, 0) is 25.0 Å². The number of carboxylic acids is 1. The van der Waals surface area contributed by atoms with Gasteiger partial charge in [0.15, 0.2) is 0 Å². The second kappa shape index (κ2) is 4.88. The molecule has 4 nitrogen and oxygen atoms in total. The number of fused-ring (bicyclic) bond motifs is 2. The van der Waals surface area contributed by atoms with Crippen molar-refractivity contribution in [2.24, 2.45) is 17.8 Å². The van der Waals surface area contributed by atoms with E-state index in [4.69, 9.17) is 11.6 Å². The van der Waals surface area contributed by atoms with Crippen LogP contribution in [0.1, 0.15) is 13.8 Å². The molecule has 1 fully saturated rings. The summed E-state index contributed by atoms with van der Waals surface area (Å²) in [7, 11) is 0. The molecular formula is C16H16ClNO3. The number of carboxylic acid groups (broad SMARTS) is 1. The molecule has 1 amide bonds. The molecule has 1 aliphatic heterocycles. The van der Waals surface area contributed by atoms with E-state index in [1.807, 2.05) is 19.9 Å². The molecule has 5 heteroatoms. The molecular weight excluding hydrogens is 290 g/mol. The van der Waals surface area contributed by atoms with Gasteiger partial charge in [0.05, 0.1) is 28.6 Å². The van der Waals surface area contributed by atoms with E-state index < -0.39 is 23.8 Å². The van der Waals surface area contributed by atoms with E-state index in [1.165, 1.54) is 0 Å². The molecule has 2 bridgehead atoms. The fraction of sp³-hybridized carbons (Fsp3) is 0.375. The van der Waals surface area contributed by atoms with E-state index in [-0.39, 0.29) is 11.8 Å². The van der Waals surface area contributed by atoms with Crippen molar-refractivity contribution in [3.63, 3.8) is 0 Å². The molecule has 0 saturated carbocycles. The molecule has 21 heavy (non-hydrogen) atoms. The predicted octanol–water partition coefficient (Wildman–Crippen LogP) is 2.97. The molecule has 1 aromatic carbocycles. The normalized spacial score (nSPS) is 31.3. The minimum atomic E-state index is -0.924. The first-order valence-electron chi connectivity index (χ1n) is 6.92. The molecule has 0 spiro atoms. The average Bonchev–Trinajstić information content (AvgIpc) is 2.68. The smallest absolute Gasteiger partial charge is 0.309 e. The minimum absolute atomic E-state index is 0.0812. The maximum atomic E-state index is 12.8. The van der Waals surface area contributed by atoms with Crippen molar-refractivity contribution in [2.45, 2.75) is 19.9 Å². The Labute approximate surface area is 128 Å². The van der Waals surface area contributed by atoms with Crippen LogP contribution in [0.15, 0.2) is 35.9 Å². The molecule has 2 aliphatic rings. The van der Waals surface area contributed by atoms with Gasteiger partial charge in [0.1, 0.15) is 0 Å². The van der Waals surface area contributed by atoms with Crippen LogP contribution in [0.25, 0.3) is 0 Å². The highest BCUT2D eigenvalue weighted by Gasteiger charge is 2.56. The number of halogens is 1. The number of aliphatic carboxylic acids is 1. The van der Waals surface area contributed by atoms with Crippen molar-refractivity contribution in [3.05, 3.63) is 40.9 Å². The van der Waals surface area contributed by atoms with Crippen molar-refractivity contribution < 1.29 is 14.7 Å². The van der Waals surface area contributed by atoms with Crippen LogP contribution in [-0.4, -0.2) is 23.0 Å². The topological polar surface area (TPSA) is 57.6 Å². The van der Waals surface area contributed by atoms with Crippen LogP contribution in [0.2, 0.25) is 5.02 Å². The largest absolute Gasteiger partial charge is 0.481 e. The third-order valence-electron chi connectivity index (χ3n) is 4.48. The van der Waals surface area contributed by atoms with Crippen LogP contribution in [0.3, 0.4) is 0 Å². The fourth-order valence-corrected chi connectivity index (χ4v) is 3.90. The lowest BCUT2D eigenvalue weighted by atomic mass is 9.74. The van der Waals surface area contributed by atoms with Gasteiger partial charge in [0.2, 0.25) is 5.91 Å². The molecule has 1 saturated heterocycles. The second-order valence-corrected chi connectivity index (χ2v) is 6.17. The summed E-state index contributed by atoms with van der Waals surface area (Å²) in [4.78, 5) is 26.0. The number of allylic oxidation sites excluding steroid dienone is 1. The van der Waals surface area contributed by atoms with Crippen molar-refractivity contribution in [1.82, 2.24) is 0 Å². The van der Waals surface area contributed by atoms with Gasteiger partial charge in [0.25, 0.3) is 0 Å². The summed E-state index contributed by atoms with van der Waals surface area (Å²) >= 11 is 6.21. The lowest BCUT2D eigenvalue weighted by Crippen LogP contribution is -2.40. The second-order valence-electron chi connectivity index (χ2n) is 5.76. The predicted molar refractivity (Wildman–Crippen MR) is 80.3 cm³/mol. The van der Waals surface area contributed by atoms with Crippen molar-refractivity contribution in [2.75, 3.05) is 4.90 Å². The fourth-order valence-electron chi connectivity index (χ4n) is 3.67. The van der Waals surface area contributed by atoms with Gasteiger partial charge >= 0.3 is 5.97 Å². The zero-order valence-corrected chi connectivity index (χ0v) is 12.5. The number of para-hydroxylation sites is 1. The van der Waals surface area contributed by atoms with E-state index in [0.29, 0.717) is 10.7 Å². The molecule has 1 heterocycles. The first kappa shape index (κ1) is 14.1. The summed E-state index contributed by atoms with van der Waals surface area (Å²) in [6.45, 7) is 3.78. The molecule has 0 radical (unpaired) electrons. The van der Waals surface area contributed by atoms with Crippen LogP contribution in [0.4, 0.5) is 5.69 Å². The average molecular weight is 306 g/mol. The number of anilines is 1. The molecule has 3 rings (SSSR count). The quantitative estimate of drug-likeness (QED) is 0.855. The summed E-state index contributed by atoms with van der Waals surface area (Å²) < 4.78 is 0. The van der Waals surface area contributed by atoms with Crippen LogP contribution in [0.5, 0.6) is 0 Å². The number of hydrogen-bond donors (Lipinski definition) is 1. The van der Waals surface area contributed by atoms with E-state index in [0.717, 1.165) is 5.57 Å². The third kappa shape index (κ3) is 1.97. The van der Waals surface area contributed by atoms with Gasteiger partial charge in [-0.3, -0.25) is 9.59 Å². The zero-order chi connectivity index (χ0) is 15.3. The molecule has 110 valence electrons. The molecule has 0 aromatic heterocycles. The Hall–Kier alpha value is -1.81. The highest BCUT2D eigenvalue weighted by atomic mass is 35.5. The molecule has 1 aromatic rings. The van der Waals surface area contributed by atoms with Gasteiger partial charge in [-0.15, -0.1) is 0 Å². The van der Waals surface area contributed by atoms with E-state index in [1.54, 1.807) is 29.2 Å².